The van der Waals surface area contributed by atoms with Crippen molar-refractivity contribution in [2.45, 2.75) is 90.6 Å². The summed E-state index contributed by atoms with van der Waals surface area (Å²) in [6.45, 7) is 16.0. The molecule has 33 heavy (non-hydrogen) atoms. The Bertz CT molecular complexity index is 1020. The van der Waals surface area contributed by atoms with Gasteiger partial charge in [-0.05, 0) is 72.5 Å². The topological polar surface area (TPSA) is 46.5 Å². The van der Waals surface area contributed by atoms with Crippen LogP contribution in [0.4, 0.5) is 0 Å². The van der Waals surface area contributed by atoms with Crippen LogP contribution in [0.15, 0.2) is 36.4 Å². The summed E-state index contributed by atoms with van der Waals surface area (Å²) in [4.78, 5) is 11.2. The number of carboxylic acid groups (broad SMARTS) is 1. The van der Waals surface area contributed by atoms with Crippen molar-refractivity contribution in [3.8, 4) is 5.75 Å². The fourth-order valence-electron chi connectivity index (χ4n) is 5.11. The van der Waals surface area contributed by atoms with Gasteiger partial charge in [-0.3, -0.25) is 0 Å². The number of allylic oxidation sites excluding steroid dienone is 1. The van der Waals surface area contributed by atoms with Crippen molar-refractivity contribution in [1.29, 1.82) is 0 Å². The van der Waals surface area contributed by atoms with Gasteiger partial charge in [-0.1, -0.05) is 77.3 Å². The molecule has 178 valence electrons. The molecule has 4 heteroatoms. The Morgan fingerprint density at radius 3 is 2.15 bits per heavy atom. The monoisotopic (exact) mass is 464 g/mol. The van der Waals surface area contributed by atoms with E-state index in [9.17, 15) is 9.90 Å². The normalized spacial score (nSPS) is 16.7. The molecule has 1 aliphatic rings. The lowest BCUT2D eigenvalue weighted by molar-refractivity contribution is 0.0697. The minimum Gasteiger partial charge on any atom is -0.546 e. The lowest BCUT2D eigenvalue weighted by atomic mass is 9.65. The second-order valence-corrected chi connectivity index (χ2v) is 13.5. The number of rotatable bonds is 6. The van der Waals surface area contributed by atoms with Crippen molar-refractivity contribution in [2.24, 2.45) is 0 Å². The molecule has 0 bridgehead atoms. The maximum absolute atomic E-state index is 11.2. The zero-order valence-corrected chi connectivity index (χ0v) is 22.6. The van der Waals surface area contributed by atoms with Crippen LogP contribution in [-0.2, 0) is 10.8 Å². The maximum atomic E-state index is 11.2. The van der Waals surface area contributed by atoms with Gasteiger partial charge in [0, 0.05) is 11.1 Å². The average Bonchev–Trinajstić information content (AvgIpc) is 2.73. The van der Waals surface area contributed by atoms with E-state index in [1.54, 1.807) is 12.1 Å². The van der Waals surface area contributed by atoms with Gasteiger partial charge in [0.2, 0.25) is 9.04 Å². The molecule has 0 atom stereocenters. The number of hydrogen-bond acceptors (Lipinski definition) is 2. The Balaban J connectivity index is 2.20. The van der Waals surface area contributed by atoms with Crippen LogP contribution in [0.3, 0.4) is 0 Å². The molecular weight excluding hydrogens is 424 g/mol. The molecule has 1 aliphatic carbocycles. The Kier molecular flexibility index (Phi) is 7.58. The minimum absolute atomic E-state index is 0.0370. The van der Waals surface area contributed by atoms with Crippen LogP contribution in [-0.4, -0.2) is 20.1 Å². The van der Waals surface area contributed by atoms with E-state index in [1.165, 1.54) is 43.2 Å². The largest absolute Gasteiger partial charge is 0.546 e. The first kappa shape index (κ1) is 25.3. The third-order valence-corrected chi connectivity index (χ3v) is 7.55. The number of benzene rings is 2. The summed E-state index contributed by atoms with van der Waals surface area (Å²) in [5.74, 6) is 0.187. The fourth-order valence-corrected chi connectivity index (χ4v) is 5.82. The Labute approximate surface area is 201 Å². The molecule has 0 saturated heterocycles. The molecule has 3 nitrogen and oxygen atoms in total. The van der Waals surface area contributed by atoms with Gasteiger partial charge in [0.05, 0.1) is 5.56 Å². The van der Waals surface area contributed by atoms with Gasteiger partial charge in [-0.15, -0.1) is 0 Å². The molecule has 3 rings (SSSR count). The molecular formula is C29H40O3Si. The second-order valence-electron chi connectivity index (χ2n) is 11.2. The first-order valence-corrected chi connectivity index (χ1v) is 15.1. The summed E-state index contributed by atoms with van der Waals surface area (Å²) >= 11 is 0. The molecule has 1 saturated carbocycles. The number of hydrogen-bond donors (Lipinski definition) is 1. The lowest BCUT2D eigenvalue weighted by Gasteiger charge is -2.40. The van der Waals surface area contributed by atoms with Gasteiger partial charge >= 0.3 is 5.97 Å². The van der Waals surface area contributed by atoms with Crippen LogP contribution in [0.25, 0.3) is 11.6 Å². The molecule has 1 fully saturated rings. The minimum atomic E-state index is -1.35. The molecule has 0 spiro atoms. The Morgan fingerprint density at radius 2 is 1.64 bits per heavy atom. The third kappa shape index (κ3) is 5.78. The predicted molar refractivity (Wildman–Crippen MR) is 142 cm³/mol. The van der Waals surface area contributed by atoms with Gasteiger partial charge in [0.15, 0.2) is 0 Å². The highest BCUT2D eigenvalue weighted by atomic mass is 28.3. The second kappa shape index (κ2) is 9.88. The maximum Gasteiger partial charge on any atom is 0.335 e. The van der Waals surface area contributed by atoms with Crippen LogP contribution in [0.5, 0.6) is 5.75 Å². The van der Waals surface area contributed by atoms with E-state index in [2.05, 4.69) is 65.9 Å². The van der Waals surface area contributed by atoms with Crippen LogP contribution in [0.2, 0.25) is 13.1 Å². The molecule has 0 aromatic heterocycles. The first-order chi connectivity index (χ1) is 15.4. The zero-order valence-electron chi connectivity index (χ0n) is 21.4. The number of carbonyl (C=O) groups is 1. The van der Waals surface area contributed by atoms with Gasteiger partial charge in [0.25, 0.3) is 0 Å². The first-order valence-electron chi connectivity index (χ1n) is 12.3. The van der Waals surface area contributed by atoms with Gasteiger partial charge in [-0.25, -0.2) is 4.79 Å². The highest BCUT2D eigenvalue weighted by Crippen LogP contribution is 2.49. The molecule has 2 aromatic carbocycles. The van der Waals surface area contributed by atoms with E-state index in [0.717, 1.165) is 22.4 Å². The van der Waals surface area contributed by atoms with E-state index >= 15 is 0 Å². The van der Waals surface area contributed by atoms with E-state index in [-0.39, 0.29) is 10.8 Å². The van der Waals surface area contributed by atoms with E-state index in [4.69, 9.17) is 4.43 Å². The van der Waals surface area contributed by atoms with Crippen LogP contribution >= 0.6 is 0 Å². The molecule has 0 aliphatic heterocycles. The molecule has 0 radical (unpaired) electrons. The third-order valence-electron chi connectivity index (χ3n) is 6.85. The van der Waals surface area contributed by atoms with E-state index in [1.807, 2.05) is 12.1 Å². The summed E-state index contributed by atoms with van der Waals surface area (Å²) < 4.78 is 6.76. The number of aromatic carboxylic acids is 1. The van der Waals surface area contributed by atoms with Crippen molar-refractivity contribution in [2.75, 3.05) is 0 Å². The highest BCUT2D eigenvalue weighted by molar-refractivity contribution is 6.49. The SMILES string of the molecule is C/C(=C/c1ccc(C(=O)O)cc1)c1ccc(C(C)(C)C)c(C2(C)CCCCC2)c1O[SiH](C)C. The Morgan fingerprint density at radius 1 is 1.03 bits per heavy atom. The number of carboxylic acids is 1. The van der Waals surface area contributed by atoms with Crippen LogP contribution in [0.1, 0.15) is 99.3 Å². The van der Waals surface area contributed by atoms with Crippen LogP contribution < -0.4 is 4.43 Å². The summed E-state index contributed by atoms with van der Waals surface area (Å²) in [5.41, 5.74) is 6.59. The summed E-state index contributed by atoms with van der Waals surface area (Å²) in [7, 11) is -1.35. The average molecular weight is 465 g/mol. The van der Waals surface area contributed by atoms with Crippen molar-refractivity contribution in [3.63, 3.8) is 0 Å². The van der Waals surface area contributed by atoms with E-state index < -0.39 is 15.0 Å². The molecule has 0 amide bonds. The van der Waals surface area contributed by atoms with Gasteiger partial charge in [0.1, 0.15) is 5.75 Å². The zero-order chi connectivity index (χ0) is 24.4. The summed E-state index contributed by atoms with van der Waals surface area (Å²) in [6.07, 6.45) is 8.41. The molecule has 1 N–H and O–H groups in total. The van der Waals surface area contributed by atoms with Gasteiger partial charge < -0.3 is 9.53 Å². The quantitative estimate of drug-likeness (QED) is 0.350. The molecule has 0 unspecified atom stereocenters. The summed E-state index contributed by atoms with van der Waals surface area (Å²) in [5, 5.41) is 9.20. The summed E-state index contributed by atoms with van der Waals surface area (Å²) in [6, 6.07) is 11.6. The highest BCUT2D eigenvalue weighted by Gasteiger charge is 2.37. The smallest absolute Gasteiger partial charge is 0.335 e. The molecule has 2 aromatic rings. The fraction of sp³-hybridized carbons (Fsp3) is 0.483. The standard InChI is InChI=1S/C29H40O3Si/c1-20(19-21-11-13-22(14-12-21)27(30)31)23-15-16-24(28(2,3)4)25(26(23)32-33(6)7)29(5)17-9-8-10-18-29/h11-16,19,33H,8-10,17-18H2,1-7H3,(H,30,31)/b20-19-. The van der Waals surface area contributed by atoms with Crippen LogP contribution in [0, 0.1) is 0 Å². The molecule has 0 heterocycles. The van der Waals surface area contributed by atoms with Crippen molar-refractivity contribution in [1.82, 2.24) is 0 Å². The van der Waals surface area contributed by atoms with Crippen molar-refractivity contribution in [3.05, 3.63) is 64.2 Å². The van der Waals surface area contributed by atoms with E-state index in [0.29, 0.717) is 5.56 Å². The van der Waals surface area contributed by atoms with Crippen molar-refractivity contribution < 1.29 is 14.3 Å². The lowest BCUT2D eigenvalue weighted by Crippen LogP contribution is -2.31. The van der Waals surface area contributed by atoms with Gasteiger partial charge in [-0.2, -0.15) is 0 Å². The Hall–Kier alpha value is -2.33. The van der Waals surface area contributed by atoms with Crippen molar-refractivity contribution >= 4 is 26.7 Å². The predicted octanol–water partition coefficient (Wildman–Crippen LogP) is 7.83.